The maximum Gasteiger partial charge on any atom is 0.0496 e. The number of hydrogen-bond acceptors (Lipinski definition) is 2. The van der Waals surface area contributed by atoms with Crippen LogP contribution in [-0.2, 0) is 31.1 Å². The first kappa shape index (κ1) is 42.7. The monoisotopic (exact) mass is 904 g/mol. The lowest BCUT2D eigenvalue weighted by Crippen LogP contribution is -2.17. The second-order valence-corrected chi connectivity index (χ2v) is 21.2. The summed E-state index contributed by atoms with van der Waals surface area (Å²) in [4.78, 5) is 5.08. The van der Waals surface area contributed by atoms with Crippen molar-refractivity contribution in [1.29, 1.82) is 0 Å². The lowest BCUT2D eigenvalue weighted by molar-refractivity contribution is 0.420. The smallest absolute Gasteiger partial charge is 0.0496 e. The summed E-state index contributed by atoms with van der Waals surface area (Å²) in [5.41, 5.74) is 24.6. The van der Waals surface area contributed by atoms with Crippen LogP contribution in [0.15, 0.2) is 212 Å². The van der Waals surface area contributed by atoms with Crippen molar-refractivity contribution in [2.75, 3.05) is 9.80 Å². The van der Waals surface area contributed by atoms with E-state index in [1.165, 1.54) is 132 Å². The molecule has 2 saturated carbocycles. The lowest BCUT2D eigenvalue weighted by atomic mass is 9.81. The number of anilines is 6. The van der Waals surface area contributed by atoms with E-state index in [2.05, 4.69) is 236 Å². The molecule has 2 nitrogen and oxygen atoms in total. The van der Waals surface area contributed by atoms with Gasteiger partial charge in [-0.1, -0.05) is 172 Å². The van der Waals surface area contributed by atoms with Gasteiger partial charge in [-0.15, -0.1) is 0 Å². The summed E-state index contributed by atoms with van der Waals surface area (Å²) in [5, 5.41) is 0. The van der Waals surface area contributed by atoms with E-state index in [-0.39, 0.29) is 5.41 Å². The summed E-state index contributed by atoms with van der Waals surface area (Å²) in [6.45, 7) is 4.82. The number of para-hydroxylation sites is 1. The third kappa shape index (κ3) is 7.57. The van der Waals surface area contributed by atoms with E-state index in [4.69, 9.17) is 0 Å². The predicted molar refractivity (Wildman–Crippen MR) is 294 cm³/mol. The van der Waals surface area contributed by atoms with Crippen molar-refractivity contribution >= 4 is 34.1 Å². The highest BCUT2D eigenvalue weighted by Gasteiger charge is 2.40. The van der Waals surface area contributed by atoms with E-state index in [1.807, 2.05) is 0 Å². The second kappa shape index (κ2) is 17.5. The average molecular weight is 905 g/mol. The van der Waals surface area contributed by atoms with Crippen molar-refractivity contribution in [3.05, 3.63) is 251 Å². The number of hydrogen-bond donors (Lipinski definition) is 0. The summed E-state index contributed by atoms with van der Waals surface area (Å²) in [6.07, 6.45) is 9.36. The molecular weight excluding hydrogens is 845 g/mol. The molecule has 0 saturated heterocycles. The molecule has 0 aromatic heterocycles. The molecule has 0 radical (unpaired) electrons. The van der Waals surface area contributed by atoms with Gasteiger partial charge in [0.15, 0.2) is 0 Å². The molecule has 3 atom stereocenters. The van der Waals surface area contributed by atoms with E-state index in [0.717, 1.165) is 43.4 Å². The van der Waals surface area contributed by atoms with Gasteiger partial charge in [-0.3, -0.25) is 0 Å². The number of fused-ring (bicyclic) bond motifs is 5. The Balaban J connectivity index is 0.891. The molecule has 0 aliphatic heterocycles. The van der Waals surface area contributed by atoms with E-state index in [9.17, 15) is 0 Å². The third-order valence-corrected chi connectivity index (χ3v) is 16.7. The zero-order valence-corrected chi connectivity index (χ0v) is 40.5. The van der Waals surface area contributed by atoms with Gasteiger partial charge in [-0.2, -0.15) is 0 Å². The van der Waals surface area contributed by atoms with E-state index < -0.39 is 0 Å². The largest absolute Gasteiger partial charge is 0.310 e. The van der Waals surface area contributed by atoms with Crippen molar-refractivity contribution in [2.24, 2.45) is 11.8 Å². The van der Waals surface area contributed by atoms with Crippen LogP contribution in [0.4, 0.5) is 34.1 Å². The average Bonchev–Trinajstić information content (AvgIpc) is 4.11. The molecule has 3 unspecified atom stereocenters. The Labute approximate surface area is 414 Å². The Hall–Kier alpha value is -7.42. The lowest BCUT2D eigenvalue weighted by Gasteiger charge is -2.31. The van der Waals surface area contributed by atoms with Crippen molar-refractivity contribution in [2.45, 2.75) is 76.5 Å². The van der Waals surface area contributed by atoms with Gasteiger partial charge in [0.25, 0.3) is 0 Å². The molecule has 7 aliphatic rings. The van der Waals surface area contributed by atoms with Gasteiger partial charge < -0.3 is 9.80 Å². The van der Waals surface area contributed by atoms with Gasteiger partial charge in [-0.05, 0) is 196 Å². The Kier molecular flexibility index (Phi) is 10.7. The molecule has 0 N–H and O–H groups in total. The Morgan fingerprint density at radius 2 is 0.957 bits per heavy atom. The molecule has 2 heteroatoms. The van der Waals surface area contributed by atoms with Crippen LogP contribution in [0.2, 0.25) is 0 Å². The number of benzene rings is 9. The summed E-state index contributed by atoms with van der Waals surface area (Å²) >= 11 is 0. The summed E-state index contributed by atoms with van der Waals surface area (Å²) in [7, 11) is 0. The zero-order chi connectivity index (χ0) is 46.8. The molecule has 6 bridgehead atoms. The quantitative estimate of drug-likeness (QED) is 0.142. The van der Waals surface area contributed by atoms with Gasteiger partial charge in [0.1, 0.15) is 0 Å². The van der Waals surface area contributed by atoms with Crippen molar-refractivity contribution in [1.82, 2.24) is 0 Å². The third-order valence-electron chi connectivity index (χ3n) is 16.7. The molecule has 0 amide bonds. The Bertz CT molecular complexity index is 3350. The molecule has 9 aromatic carbocycles. The molecule has 9 aromatic rings. The molecule has 7 aliphatic carbocycles. The molecule has 2 fully saturated rings. The normalized spacial score (nSPS) is 18.2. The van der Waals surface area contributed by atoms with E-state index in [0.29, 0.717) is 0 Å². The molecule has 342 valence electrons. The minimum Gasteiger partial charge on any atom is -0.310 e. The minimum atomic E-state index is -0.176. The summed E-state index contributed by atoms with van der Waals surface area (Å²) in [5.74, 6) is 2.53. The first-order chi connectivity index (χ1) is 34.4. The van der Waals surface area contributed by atoms with Crippen LogP contribution < -0.4 is 9.80 Å². The van der Waals surface area contributed by atoms with Gasteiger partial charge in [0, 0.05) is 39.5 Å². The van der Waals surface area contributed by atoms with Crippen LogP contribution in [0.3, 0.4) is 0 Å². The fourth-order valence-electron chi connectivity index (χ4n) is 13.1. The Morgan fingerprint density at radius 3 is 1.57 bits per heavy atom. The topological polar surface area (TPSA) is 6.48 Å². The number of aryl methyl sites for hydroxylation is 4. The summed E-state index contributed by atoms with van der Waals surface area (Å²) in [6, 6.07) is 80.5. The first-order valence-corrected chi connectivity index (χ1v) is 25.9. The minimum absolute atomic E-state index is 0.176. The highest BCUT2D eigenvalue weighted by molar-refractivity contribution is 5.94. The molecule has 70 heavy (non-hydrogen) atoms. The zero-order valence-electron chi connectivity index (χ0n) is 40.5. The van der Waals surface area contributed by atoms with E-state index in [1.54, 1.807) is 0 Å². The standard InChI is InChI=1S/C68H60N2/c1-68(2)63-20-12-19-60(51-15-8-4-9-16-51)67(63)61-40-39-59(45-64(61)68)70(58-35-31-50(32-36-58)49-13-6-3-7-14-49)66-44-47-22-27-53-26-21-46(23-28-54(66)29-24-47)43-65(53)69(56-17-10-5-11-18-56)57-37-33-52(34-38-57)62-42-48-25-30-55(62)41-48/h3-21,24,26,29,31-40,43-45,48,55,62H,22-23,25,27-28,30,41-42H2,1-2H3. The van der Waals surface area contributed by atoms with Crippen molar-refractivity contribution in [3.8, 4) is 33.4 Å². The second-order valence-electron chi connectivity index (χ2n) is 21.2. The van der Waals surface area contributed by atoms with Crippen LogP contribution >= 0.6 is 0 Å². The van der Waals surface area contributed by atoms with Gasteiger partial charge in [0.2, 0.25) is 0 Å². The van der Waals surface area contributed by atoms with Gasteiger partial charge in [0.05, 0.1) is 0 Å². The summed E-state index contributed by atoms with van der Waals surface area (Å²) < 4.78 is 0. The van der Waals surface area contributed by atoms with Crippen LogP contribution in [0.25, 0.3) is 33.4 Å². The first-order valence-electron chi connectivity index (χ1n) is 25.9. The van der Waals surface area contributed by atoms with Crippen LogP contribution in [0, 0.1) is 11.8 Å². The van der Waals surface area contributed by atoms with Crippen molar-refractivity contribution in [3.63, 3.8) is 0 Å². The van der Waals surface area contributed by atoms with Gasteiger partial charge >= 0.3 is 0 Å². The van der Waals surface area contributed by atoms with Crippen molar-refractivity contribution < 1.29 is 0 Å². The van der Waals surface area contributed by atoms with E-state index >= 15 is 0 Å². The Morgan fingerprint density at radius 1 is 0.400 bits per heavy atom. The number of rotatable bonds is 9. The predicted octanol–water partition coefficient (Wildman–Crippen LogP) is 18.1. The van der Waals surface area contributed by atoms with Crippen LogP contribution in [0.1, 0.15) is 84.4 Å². The van der Waals surface area contributed by atoms with Gasteiger partial charge in [-0.25, -0.2) is 0 Å². The fourth-order valence-corrected chi connectivity index (χ4v) is 13.1. The maximum atomic E-state index is 2.56. The maximum absolute atomic E-state index is 2.56. The molecular formula is C68H60N2. The highest BCUT2D eigenvalue weighted by atomic mass is 15.2. The molecule has 0 heterocycles. The fraction of sp³-hybridized carbons (Fsp3) is 0.206. The molecule has 16 rings (SSSR count). The number of nitrogens with zero attached hydrogens (tertiary/aromatic N) is 2. The van der Waals surface area contributed by atoms with Crippen LogP contribution in [-0.4, -0.2) is 0 Å². The highest BCUT2D eigenvalue weighted by Crippen LogP contribution is 2.55. The van der Waals surface area contributed by atoms with Crippen LogP contribution in [0.5, 0.6) is 0 Å². The SMILES string of the molecule is CC1(C)c2cc(N(c3ccc(-c4ccccc4)cc3)c3cc4ccc3CCc3ccc(c(N(c5ccccc5)c5ccc(C6CC7CCC6C7)cc5)c3)CC4)ccc2-c2c(-c3ccccc3)cccc21. The molecule has 0 spiro atoms.